The molecular weight excluding hydrogens is 245 g/mol. The van der Waals surface area contributed by atoms with Gasteiger partial charge >= 0.3 is 12.2 Å². The first-order valence-corrected chi connectivity index (χ1v) is 4.32. The van der Waals surface area contributed by atoms with Crippen LogP contribution in [-0.2, 0) is 0 Å². The number of rotatable bonds is 1. The highest BCUT2D eigenvalue weighted by atomic mass is 19.1. The Balaban J connectivity index is 0.000000631. The normalized spacial score (nSPS) is 9.11. The van der Waals surface area contributed by atoms with Gasteiger partial charge in [0.2, 0.25) is 0 Å². The van der Waals surface area contributed by atoms with E-state index in [1.165, 1.54) is 12.1 Å². The number of carbonyl (C=O) groups is 2. The van der Waals surface area contributed by atoms with Gasteiger partial charge in [-0.3, -0.25) is 0 Å². The highest BCUT2D eigenvalue weighted by molar-refractivity contribution is 5.88. The topological polar surface area (TPSA) is 137 Å². The fourth-order valence-electron chi connectivity index (χ4n) is 0.826. The molecule has 1 aromatic carbocycles. The molecule has 0 aromatic heterocycles. The summed E-state index contributed by atoms with van der Waals surface area (Å²) in [6.45, 7) is 0. The average Bonchev–Trinajstić information content (AvgIpc) is 2.26. The molecule has 7 nitrogen and oxygen atoms in total. The van der Waals surface area contributed by atoms with Gasteiger partial charge in [0.15, 0.2) is 0 Å². The van der Waals surface area contributed by atoms with Crippen molar-refractivity contribution in [2.75, 3.05) is 0 Å². The second-order valence-electron chi connectivity index (χ2n) is 2.73. The van der Waals surface area contributed by atoms with Crippen molar-refractivity contribution < 1.29 is 24.2 Å². The van der Waals surface area contributed by atoms with E-state index in [9.17, 15) is 9.18 Å². The number of carboxylic acid groups (broad SMARTS) is 2. The highest BCUT2D eigenvalue weighted by Crippen LogP contribution is 2.07. The van der Waals surface area contributed by atoms with Crippen LogP contribution in [0.1, 0.15) is 11.1 Å². The summed E-state index contributed by atoms with van der Waals surface area (Å²) in [5.74, 6) is -0.672. The van der Waals surface area contributed by atoms with E-state index < -0.39 is 18.0 Å². The van der Waals surface area contributed by atoms with E-state index in [0.717, 1.165) is 12.3 Å². The van der Waals surface area contributed by atoms with Gasteiger partial charge in [-0.05, 0) is 18.2 Å². The quantitative estimate of drug-likeness (QED) is 0.650. The minimum absolute atomic E-state index is 0.0337. The largest absolute Gasteiger partial charge is 0.465 e. The summed E-state index contributed by atoms with van der Waals surface area (Å²) in [5, 5.41) is 23.8. The van der Waals surface area contributed by atoms with Crippen molar-refractivity contribution >= 4 is 18.4 Å². The summed E-state index contributed by atoms with van der Waals surface area (Å²) < 4.78 is 13.1. The van der Waals surface area contributed by atoms with Crippen molar-refractivity contribution in [2.24, 2.45) is 10.7 Å². The van der Waals surface area contributed by atoms with Crippen LogP contribution in [-0.4, -0.2) is 28.6 Å². The standard InChI is InChI=1S/C9H5FN2O2.CH3NO2/c10-8-3-6(4-11)1-2-7(8)5-12-9(13)14;2-1(3)4/h1-3,5H,(H,13,14);2H2,(H,3,4). The van der Waals surface area contributed by atoms with Gasteiger partial charge < -0.3 is 15.9 Å². The fourth-order valence-corrected chi connectivity index (χ4v) is 0.826. The monoisotopic (exact) mass is 253 g/mol. The number of benzene rings is 1. The lowest BCUT2D eigenvalue weighted by molar-refractivity contribution is 0.204. The van der Waals surface area contributed by atoms with Crippen molar-refractivity contribution in [3.8, 4) is 6.07 Å². The Labute approximate surface area is 101 Å². The van der Waals surface area contributed by atoms with E-state index in [1.807, 2.05) is 0 Å². The molecule has 0 aliphatic carbocycles. The van der Waals surface area contributed by atoms with Gasteiger partial charge in [0.05, 0.1) is 11.6 Å². The summed E-state index contributed by atoms with van der Waals surface area (Å²) in [7, 11) is 0. The molecule has 0 bridgehead atoms. The number of nitriles is 1. The van der Waals surface area contributed by atoms with Gasteiger partial charge in [-0.25, -0.2) is 14.0 Å². The Morgan fingerprint density at radius 1 is 1.44 bits per heavy atom. The Kier molecular flexibility index (Phi) is 6.14. The summed E-state index contributed by atoms with van der Waals surface area (Å²) in [6, 6.07) is 5.45. The molecule has 18 heavy (non-hydrogen) atoms. The Hall–Kier alpha value is -2.95. The molecule has 0 aliphatic heterocycles. The van der Waals surface area contributed by atoms with Crippen molar-refractivity contribution in [1.29, 1.82) is 5.26 Å². The van der Waals surface area contributed by atoms with Crippen LogP contribution in [0.25, 0.3) is 0 Å². The Morgan fingerprint density at radius 2 is 2.00 bits per heavy atom. The lowest BCUT2D eigenvalue weighted by Gasteiger charge is -1.94. The SMILES string of the molecule is N#Cc1ccc(C=NC(=O)O)c(F)c1.NC(=O)O. The Morgan fingerprint density at radius 3 is 2.39 bits per heavy atom. The predicted octanol–water partition coefficient (Wildman–Crippen LogP) is 1.42. The lowest BCUT2D eigenvalue weighted by atomic mass is 10.1. The van der Waals surface area contributed by atoms with E-state index in [1.54, 1.807) is 6.07 Å². The van der Waals surface area contributed by atoms with Crippen molar-refractivity contribution in [2.45, 2.75) is 0 Å². The molecule has 2 amide bonds. The van der Waals surface area contributed by atoms with E-state index in [0.29, 0.717) is 0 Å². The number of primary amides is 1. The molecule has 4 N–H and O–H groups in total. The zero-order chi connectivity index (χ0) is 14.1. The highest BCUT2D eigenvalue weighted by Gasteiger charge is 2.01. The molecule has 0 radical (unpaired) electrons. The van der Waals surface area contributed by atoms with Crippen molar-refractivity contribution in [1.82, 2.24) is 0 Å². The molecule has 1 rings (SSSR count). The van der Waals surface area contributed by atoms with E-state index >= 15 is 0 Å². The zero-order valence-electron chi connectivity index (χ0n) is 8.87. The maximum atomic E-state index is 13.1. The maximum Gasteiger partial charge on any atom is 0.431 e. The van der Waals surface area contributed by atoms with Gasteiger partial charge in [0.25, 0.3) is 0 Å². The van der Waals surface area contributed by atoms with Gasteiger partial charge in [-0.2, -0.15) is 10.3 Å². The molecule has 0 unspecified atom stereocenters. The first kappa shape index (κ1) is 15.0. The third-order valence-corrected chi connectivity index (χ3v) is 1.44. The zero-order valence-corrected chi connectivity index (χ0v) is 8.87. The second kappa shape index (κ2) is 7.34. The number of hydrogen-bond acceptors (Lipinski definition) is 3. The smallest absolute Gasteiger partial charge is 0.431 e. The average molecular weight is 253 g/mol. The molecule has 0 aliphatic rings. The molecule has 1 aromatic rings. The summed E-state index contributed by atoms with van der Waals surface area (Å²) in [5.41, 5.74) is 4.24. The van der Waals surface area contributed by atoms with Crippen LogP contribution in [0.5, 0.6) is 0 Å². The number of amides is 2. The molecular formula is C10H8FN3O4. The first-order valence-electron chi connectivity index (χ1n) is 4.32. The number of nitrogens with zero attached hydrogens (tertiary/aromatic N) is 2. The molecule has 0 atom stereocenters. The van der Waals surface area contributed by atoms with Crippen LogP contribution in [0.4, 0.5) is 14.0 Å². The van der Waals surface area contributed by atoms with Crippen LogP contribution in [0.2, 0.25) is 0 Å². The third-order valence-electron chi connectivity index (χ3n) is 1.44. The fraction of sp³-hybridized carbons (Fsp3) is 0. The number of aliphatic imine (C=N–C) groups is 1. The van der Waals surface area contributed by atoms with Crippen LogP contribution in [0.3, 0.4) is 0 Å². The van der Waals surface area contributed by atoms with Crippen LogP contribution < -0.4 is 5.73 Å². The number of nitrogens with two attached hydrogens (primary N) is 1. The number of halogens is 1. The van der Waals surface area contributed by atoms with Crippen LogP contribution in [0.15, 0.2) is 23.2 Å². The molecule has 8 heteroatoms. The predicted molar refractivity (Wildman–Crippen MR) is 58.9 cm³/mol. The molecule has 94 valence electrons. The summed E-state index contributed by atoms with van der Waals surface area (Å²) in [4.78, 5) is 21.8. The van der Waals surface area contributed by atoms with E-state index in [-0.39, 0.29) is 11.1 Å². The van der Waals surface area contributed by atoms with Crippen molar-refractivity contribution in [3.63, 3.8) is 0 Å². The first-order chi connectivity index (χ1) is 8.36. The minimum atomic E-state index is -1.39. The number of hydrogen-bond donors (Lipinski definition) is 3. The van der Waals surface area contributed by atoms with Crippen molar-refractivity contribution in [3.05, 3.63) is 35.1 Å². The Bertz CT molecular complexity index is 518. The molecule has 0 saturated heterocycles. The van der Waals surface area contributed by atoms with E-state index in [2.05, 4.69) is 10.7 Å². The third kappa shape index (κ3) is 6.52. The molecule has 0 fully saturated rings. The molecule has 0 spiro atoms. The van der Waals surface area contributed by atoms with Gasteiger partial charge in [-0.15, -0.1) is 0 Å². The van der Waals surface area contributed by atoms with E-state index in [4.69, 9.17) is 20.3 Å². The second-order valence-corrected chi connectivity index (χ2v) is 2.73. The summed E-state index contributed by atoms with van der Waals surface area (Å²) >= 11 is 0. The van der Waals surface area contributed by atoms with Crippen LogP contribution >= 0.6 is 0 Å². The van der Waals surface area contributed by atoms with Gasteiger partial charge in [-0.1, -0.05) is 0 Å². The van der Waals surface area contributed by atoms with Crippen LogP contribution in [0, 0.1) is 17.1 Å². The van der Waals surface area contributed by atoms with Gasteiger partial charge in [0, 0.05) is 11.8 Å². The minimum Gasteiger partial charge on any atom is -0.465 e. The summed E-state index contributed by atoms with van der Waals surface area (Å²) in [6.07, 6.45) is -1.84. The maximum absolute atomic E-state index is 13.1. The van der Waals surface area contributed by atoms with Gasteiger partial charge in [0.1, 0.15) is 5.82 Å². The lowest BCUT2D eigenvalue weighted by Crippen LogP contribution is -2.03. The molecule has 0 saturated carbocycles. The molecule has 0 heterocycles.